The average molecular weight is 464 g/mol. The number of halogens is 3. The van der Waals surface area contributed by atoms with Crippen molar-refractivity contribution >= 4 is 16.7 Å². The molecule has 2 atom stereocenters. The van der Waals surface area contributed by atoms with Crippen LogP contribution in [-0.2, 0) is 6.18 Å². The third kappa shape index (κ3) is 4.59. The maximum atomic E-state index is 13.1. The van der Waals surface area contributed by atoms with Crippen molar-refractivity contribution < 1.29 is 13.2 Å². The third-order valence-corrected chi connectivity index (χ3v) is 6.39. The van der Waals surface area contributed by atoms with Crippen molar-refractivity contribution in [1.29, 1.82) is 0 Å². The molecule has 1 aromatic heterocycles. The lowest BCUT2D eigenvalue weighted by Crippen LogP contribution is -2.11. The number of rotatable bonds is 5. The van der Waals surface area contributed by atoms with Crippen molar-refractivity contribution in [3.8, 4) is 11.1 Å². The predicted octanol–water partition coefficient (Wildman–Crippen LogP) is 5.96. The molecule has 34 heavy (non-hydrogen) atoms. The molecule has 0 radical (unpaired) electrons. The highest BCUT2D eigenvalue weighted by Crippen LogP contribution is 2.33. The molecule has 174 valence electrons. The molecule has 0 spiro atoms. The largest absolute Gasteiger partial charge is 0.416 e. The normalized spacial score (nSPS) is 17.1. The summed E-state index contributed by atoms with van der Waals surface area (Å²) in [7, 11) is 0. The summed E-state index contributed by atoms with van der Waals surface area (Å²) in [5, 5.41) is 19.5. The number of nitrogens with one attached hydrogen (secondary N) is 2. The second kappa shape index (κ2) is 9.02. The fraction of sp³-hybridized carbons (Fsp3) is 0.269. The molecular weight excluding hydrogens is 439 g/mol. The predicted molar refractivity (Wildman–Crippen MR) is 126 cm³/mol. The fourth-order valence-electron chi connectivity index (χ4n) is 4.43. The number of benzene rings is 3. The average Bonchev–Trinajstić information content (AvgIpc) is 3.39. The number of hydrogen-bond acceptors (Lipinski definition) is 5. The van der Waals surface area contributed by atoms with Gasteiger partial charge in [-0.15, -0.1) is 10.2 Å². The van der Waals surface area contributed by atoms with Crippen LogP contribution in [0.4, 0.5) is 19.0 Å². The lowest BCUT2D eigenvalue weighted by molar-refractivity contribution is -0.137. The molecule has 5 nitrogen and oxygen atoms in total. The van der Waals surface area contributed by atoms with Gasteiger partial charge >= 0.3 is 6.18 Å². The van der Waals surface area contributed by atoms with Crippen LogP contribution in [0.1, 0.15) is 42.0 Å². The van der Waals surface area contributed by atoms with Crippen molar-refractivity contribution in [2.45, 2.75) is 31.5 Å². The first-order chi connectivity index (χ1) is 16.4. The number of hydrogen-bond donors (Lipinski definition) is 2. The molecule has 5 rings (SSSR count). The van der Waals surface area contributed by atoms with E-state index in [9.17, 15) is 13.2 Å². The number of nitrogens with zero attached hydrogens (tertiary/aromatic N) is 3. The molecule has 0 aliphatic carbocycles. The van der Waals surface area contributed by atoms with Gasteiger partial charge < -0.3 is 10.6 Å². The number of alkyl halides is 3. The van der Waals surface area contributed by atoms with E-state index in [1.54, 1.807) is 13.0 Å². The monoisotopic (exact) mass is 463 g/mol. The summed E-state index contributed by atoms with van der Waals surface area (Å²) in [6.45, 7) is 3.86. The van der Waals surface area contributed by atoms with Gasteiger partial charge in [0.25, 0.3) is 0 Å². The van der Waals surface area contributed by atoms with Crippen LogP contribution >= 0.6 is 0 Å². The van der Waals surface area contributed by atoms with Crippen LogP contribution < -0.4 is 10.6 Å². The van der Waals surface area contributed by atoms with Crippen LogP contribution in [0.3, 0.4) is 0 Å². The fourth-order valence-corrected chi connectivity index (χ4v) is 4.43. The lowest BCUT2D eigenvalue weighted by atomic mass is 9.95. The van der Waals surface area contributed by atoms with Gasteiger partial charge in [0.1, 0.15) is 0 Å². The molecule has 2 heterocycles. The second-order valence-corrected chi connectivity index (χ2v) is 8.67. The van der Waals surface area contributed by atoms with Gasteiger partial charge in [-0.2, -0.15) is 13.2 Å². The van der Waals surface area contributed by atoms with Gasteiger partial charge in [-0.3, -0.25) is 0 Å². The molecule has 3 aromatic carbocycles. The summed E-state index contributed by atoms with van der Waals surface area (Å²) in [5.74, 6) is 1.03. The minimum absolute atomic E-state index is 0.412. The van der Waals surface area contributed by atoms with Gasteiger partial charge in [0.2, 0.25) is 0 Å². The zero-order valence-electron chi connectivity index (χ0n) is 18.6. The summed E-state index contributed by atoms with van der Waals surface area (Å²) in [6.07, 6.45) is -3.24. The van der Waals surface area contributed by atoms with E-state index in [2.05, 4.69) is 50.3 Å². The first kappa shape index (κ1) is 22.3. The molecular formula is C26H24F3N5. The van der Waals surface area contributed by atoms with E-state index in [1.165, 1.54) is 11.6 Å². The molecule has 2 N–H and O–H groups in total. The summed E-state index contributed by atoms with van der Waals surface area (Å²) < 4.78 is 39.4. The van der Waals surface area contributed by atoms with Crippen LogP contribution in [0.25, 0.3) is 22.0 Å². The first-order valence-corrected chi connectivity index (χ1v) is 11.3. The highest BCUT2D eigenvalue weighted by atomic mass is 19.4. The Labute approximate surface area is 195 Å². The minimum atomic E-state index is -4.39. The Balaban J connectivity index is 1.43. The number of aromatic nitrogens is 3. The van der Waals surface area contributed by atoms with Crippen LogP contribution in [0.15, 0.2) is 66.7 Å². The Morgan fingerprint density at radius 2 is 1.76 bits per heavy atom. The molecule has 1 aliphatic rings. The van der Waals surface area contributed by atoms with E-state index in [-0.39, 0.29) is 0 Å². The molecule has 1 unspecified atom stereocenters. The zero-order chi connectivity index (χ0) is 23.7. The van der Waals surface area contributed by atoms with E-state index in [0.717, 1.165) is 48.2 Å². The second-order valence-electron chi connectivity index (χ2n) is 8.67. The summed E-state index contributed by atoms with van der Waals surface area (Å²) in [4.78, 5) is 0. The molecule has 8 heteroatoms. The van der Waals surface area contributed by atoms with E-state index >= 15 is 0 Å². The van der Waals surface area contributed by atoms with Crippen LogP contribution in [0.5, 0.6) is 0 Å². The Kier molecular flexibility index (Phi) is 5.91. The summed E-state index contributed by atoms with van der Waals surface area (Å²) in [5.41, 5.74) is 3.90. The van der Waals surface area contributed by atoms with Gasteiger partial charge in [0.05, 0.1) is 17.1 Å². The van der Waals surface area contributed by atoms with E-state index < -0.39 is 17.8 Å². The SMILES string of the molecule is C[C@@H](Nc1nnnc2ccc(-c3ccc(C4CCNC4)cc3)cc12)c1cccc(C(F)(F)F)c1. The maximum Gasteiger partial charge on any atom is 0.416 e. The van der Waals surface area contributed by atoms with Gasteiger partial charge in [-0.1, -0.05) is 42.5 Å². The van der Waals surface area contributed by atoms with Gasteiger partial charge in [-0.05, 0) is 77.5 Å². The standard InChI is InChI=1S/C26H24F3N5/c1-16(19-3-2-4-22(13-19)26(27,28)29)31-25-23-14-20(9-10-24(23)32-34-33-25)17-5-7-18(8-6-17)21-11-12-30-15-21/h2-10,13-14,16,21,30H,11-12,15H2,1H3,(H,31,32,33)/t16-,21?/m1/s1. The smallest absolute Gasteiger partial charge is 0.361 e. The topological polar surface area (TPSA) is 62.7 Å². The van der Waals surface area contributed by atoms with E-state index in [0.29, 0.717) is 22.8 Å². The third-order valence-electron chi connectivity index (χ3n) is 6.39. The Morgan fingerprint density at radius 3 is 2.50 bits per heavy atom. The maximum absolute atomic E-state index is 13.1. The summed E-state index contributed by atoms with van der Waals surface area (Å²) >= 11 is 0. The highest BCUT2D eigenvalue weighted by molar-refractivity contribution is 5.92. The van der Waals surface area contributed by atoms with Crippen molar-refractivity contribution in [2.75, 3.05) is 18.4 Å². The van der Waals surface area contributed by atoms with E-state index in [4.69, 9.17) is 0 Å². The molecule has 4 aromatic rings. The minimum Gasteiger partial charge on any atom is -0.361 e. The van der Waals surface area contributed by atoms with Crippen molar-refractivity contribution in [3.05, 3.63) is 83.4 Å². The molecule has 0 bridgehead atoms. The van der Waals surface area contributed by atoms with Gasteiger partial charge in [0.15, 0.2) is 5.82 Å². The summed E-state index contributed by atoms with van der Waals surface area (Å²) in [6, 6.07) is 19.3. The quantitative estimate of drug-likeness (QED) is 0.382. The molecule has 1 aliphatic heterocycles. The lowest BCUT2D eigenvalue weighted by Gasteiger charge is -2.17. The highest BCUT2D eigenvalue weighted by Gasteiger charge is 2.30. The van der Waals surface area contributed by atoms with E-state index in [1.807, 2.05) is 18.2 Å². The van der Waals surface area contributed by atoms with Crippen molar-refractivity contribution in [2.24, 2.45) is 0 Å². The number of anilines is 1. The van der Waals surface area contributed by atoms with Gasteiger partial charge in [-0.25, -0.2) is 0 Å². The van der Waals surface area contributed by atoms with Crippen molar-refractivity contribution in [3.63, 3.8) is 0 Å². The van der Waals surface area contributed by atoms with Crippen LogP contribution in [-0.4, -0.2) is 28.5 Å². The Hall–Kier alpha value is -3.52. The van der Waals surface area contributed by atoms with Crippen molar-refractivity contribution in [1.82, 2.24) is 20.7 Å². The van der Waals surface area contributed by atoms with Crippen LogP contribution in [0, 0.1) is 0 Å². The molecule has 0 amide bonds. The first-order valence-electron chi connectivity index (χ1n) is 11.3. The molecule has 1 fully saturated rings. The Morgan fingerprint density at radius 1 is 0.971 bits per heavy atom. The Bertz CT molecular complexity index is 1300. The zero-order valence-corrected chi connectivity index (χ0v) is 18.6. The molecule has 0 saturated carbocycles. The van der Waals surface area contributed by atoms with Gasteiger partial charge in [0, 0.05) is 11.9 Å². The molecule has 1 saturated heterocycles. The number of fused-ring (bicyclic) bond motifs is 1. The van der Waals surface area contributed by atoms with Crippen LogP contribution in [0.2, 0.25) is 0 Å².